The van der Waals surface area contributed by atoms with Crippen LogP contribution in [0.4, 0.5) is 0 Å². The van der Waals surface area contributed by atoms with Crippen LogP contribution in [0.2, 0.25) is 0 Å². The number of H-pyrrole nitrogens is 1. The first-order valence-corrected chi connectivity index (χ1v) is 5.41. The molecule has 0 aliphatic carbocycles. The summed E-state index contributed by atoms with van der Waals surface area (Å²) in [6.45, 7) is 6.23. The van der Waals surface area contributed by atoms with Gasteiger partial charge in [-0.05, 0) is 19.9 Å². The van der Waals surface area contributed by atoms with E-state index in [-0.39, 0.29) is 0 Å². The first kappa shape index (κ1) is 10.6. The third-order valence-corrected chi connectivity index (χ3v) is 2.51. The molecule has 0 amide bonds. The average Bonchev–Trinajstić information content (AvgIpc) is 2.79. The second kappa shape index (κ2) is 4.74. The summed E-state index contributed by atoms with van der Waals surface area (Å²) >= 11 is 0. The molecule has 0 radical (unpaired) electrons. The van der Waals surface area contributed by atoms with E-state index >= 15 is 0 Å². The van der Waals surface area contributed by atoms with Gasteiger partial charge in [0.05, 0.1) is 12.0 Å². The zero-order chi connectivity index (χ0) is 11.4. The monoisotopic (exact) mass is 217 g/mol. The number of aromatic amines is 1. The van der Waals surface area contributed by atoms with Crippen molar-refractivity contribution in [2.75, 3.05) is 13.1 Å². The number of hydrogen-bond acceptors (Lipinski definition) is 4. The van der Waals surface area contributed by atoms with Crippen LogP contribution in [0, 0.1) is 0 Å². The predicted molar refractivity (Wildman–Crippen MR) is 63.6 cm³/mol. The lowest BCUT2D eigenvalue weighted by Crippen LogP contribution is -2.14. The van der Waals surface area contributed by atoms with Gasteiger partial charge >= 0.3 is 0 Å². The predicted octanol–water partition coefficient (Wildman–Crippen LogP) is 1.67. The molecule has 0 aromatic carbocycles. The van der Waals surface area contributed by atoms with Crippen molar-refractivity contribution in [1.29, 1.82) is 0 Å². The summed E-state index contributed by atoms with van der Waals surface area (Å²) in [6.07, 6.45) is 7.19. The van der Waals surface area contributed by atoms with Gasteiger partial charge in [-0.3, -0.25) is 0 Å². The number of fused-ring (bicyclic) bond motifs is 1. The maximum absolute atomic E-state index is 4.22. The summed E-state index contributed by atoms with van der Waals surface area (Å²) < 4.78 is 0. The van der Waals surface area contributed by atoms with Crippen molar-refractivity contribution in [2.24, 2.45) is 0 Å². The maximum Gasteiger partial charge on any atom is 0.181 e. The fourth-order valence-corrected chi connectivity index (χ4v) is 1.52. The van der Waals surface area contributed by atoms with Crippen LogP contribution >= 0.6 is 0 Å². The van der Waals surface area contributed by atoms with E-state index in [4.69, 9.17) is 0 Å². The molecule has 5 heteroatoms. The average molecular weight is 217 g/mol. The first-order chi connectivity index (χ1) is 7.85. The molecule has 0 aliphatic heterocycles. The first-order valence-electron chi connectivity index (χ1n) is 5.41. The van der Waals surface area contributed by atoms with Gasteiger partial charge in [0.25, 0.3) is 0 Å². The minimum Gasteiger partial charge on any atom is -0.378 e. The van der Waals surface area contributed by atoms with Crippen molar-refractivity contribution in [2.45, 2.75) is 13.8 Å². The fourth-order valence-electron chi connectivity index (χ4n) is 1.52. The highest BCUT2D eigenvalue weighted by molar-refractivity contribution is 5.78. The van der Waals surface area contributed by atoms with Gasteiger partial charge in [-0.15, -0.1) is 0 Å². The van der Waals surface area contributed by atoms with Crippen LogP contribution in [-0.4, -0.2) is 37.9 Å². The Morgan fingerprint density at radius 1 is 1.25 bits per heavy atom. The third-order valence-electron chi connectivity index (χ3n) is 2.51. The van der Waals surface area contributed by atoms with E-state index in [1.54, 1.807) is 6.33 Å². The Balaban J connectivity index is 2.30. The summed E-state index contributed by atoms with van der Waals surface area (Å²) in [5, 5.41) is 0. The Hall–Kier alpha value is -1.91. The molecule has 0 spiro atoms. The van der Waals surface area contributed by atoms with Gasteiger partial charge in [-0.25, -0.2) is 15.0 Å². The van der Waals surface area contributed by atoms with E-state index < -0.39 is 0 Å². The molecular weight excluding hydrogens is 202 g/mol. The van der Waals surface area contributed by atoms with Crippen molar-refractivity contribution >= 4 is 17.2 Å². The minimum atomic E-state index is 0.703. The summed E-state index contributed by atoms with van der Waals surface area (Å²) in [5.41, 5.74) is 2.45. The van der Waals surface area contributed by atoms with Crippen LogP contribution in [0.15, 0.2) is 18.9 Å². The van der Waals surface area contributed by atoms with E-state index in [0.717, 1.165) is 24.3 Å². The summed E-state index contributed by atoms with van der Waals surface area (Å²) in [6, 6.07) is 0. The number of nitrogens with zero attached hydrogens (tertiary/aromatic N) is 4. The highest BCUT2D eigenvalue weighted by Gasteiger charge is 2.02. The molecule has 2 aromatic rings. The third kappa shape index (κ3) is 2.03. The van der Waals surface area contributed by atoms with Crippen LogP contribution < -0.4 is 0 Å². The van der Waals surface area contributed by atoms with Gasteiger partial charge in [0.1, 0.15) is 11.8 Å². The lowest BCUT2D eigenvalue weighted by atomic mass is 10.3. The number of hydrogen-bond donors (Lipinski definition) is 1. The molecule has 1 N–H and O–H groups in total. The fraction of sp³-hybridized carbons (Fsp3) is 0.364. The number of aromatic nitrogens is 4. The zero-order valence-electron chi connectivity index (χ0n) is 9.51. The maximum atomic E-state index is 4.22. The van der Waals surface area contributed by atoms with E-state index in [0.29, 0.717) is 5.65 Å². The lowest BCUT2D eigenvalue weighted by Gasteiger charge is -2.14. The van der Waals surface area contributed by atoms with Gasteiger partial charge in [0.15, 0.2) is 5.65 Å². The molecule has 2 aromatic heterocycles. The molecular formula is C11H15N5. The second-order valence-electron chi connectivity index (χ2n) is 3.40. The normalized spacial score (nSPS) is 11.4. The van der Waals surface area contributed by atoms with Crippen molar-refractivity contribution < 1.29 is 0 Å². The smallest absolute Gasteiger partial charge is 0.181 e. The highest BCUT2D eigenvalue weighted by atomic mass is 15.1. The van der Waals surface area contributed by atoms with Crippen LogP contribution in [0.5, 0.6) is 0 Å². The van der Waals surface area contributed by atoms with Crippen molar-refractivity contribution in [3.8, 4) is 0 Å². The Kier molecular flexibility index (Phi) is 3.14. The molecule has 84 valence electrons. The van der Waals surface area contributed by atoms with Crippen molar-refractivity contribution in [3.05, 3.63) is 24.5 Å². The van der Waals surface area contributed by atoms with Gasteiger partial charge < -0.3 is 9.88 Å². The topological polar surface area (TPSA) is 57.7 Å². The standard InChI is InChI=1S/C11H15N5/c1-3-16(4-2)6-5-9-10-11(14-7-12-9)15-8-13-10/h5-8H,3-4H2,1-2H3,(H,12,13,14,15). The molecule has 0 atom stereocenters. The van der Waals surface area contributed by atoms with Crippen LogP contribution in [-0.2, 0) is 0 Å². The van der Waals surface area contributed by atoms with Gasteiger partial charge in [-0.1, -0.05) is 0 Å². The van der Waals surface area contributed by atoms with E-state index in [9.17, 15) is 0 Å². The summed E-state index contributed by atoms with van der Waals surface area (Å²) in [5.74, 6) is 0. The molecule has 0 unspecified atom stereocenters. The Labute approximate surface area is 94.2 Å². The number of nitrogens with one attached hydrogen (secondary N) is 1. The Bertz CT molecular complexity index is 484. The zero-order valence-corrected chi connectivity index (χ0v) is 9.51. The molecule has 0 bridgehead atoms. The molecule has 5 nitrogen and oxygen atoms in total. The second-order valence-corrected chi connectivity index (χ2v) is 3.40. The summed E-state index contributed by atoms with van der Waals surface area (Å²) in [4.78, 5) is 17.6. The molecule has 0 fully saturated rings. The largest absolute Gasteiger partial charge is 0.378 e. The van der Waals surface area contributed by atoms with E-state index in [2.05, 4.69) is 38.7 Å². The molecule has 0 saturated carbocycles. The molecule has 2 rings (SSSR count). The van der Waals surface area contributed by atoms with E-state index in [1.807, 2.05) is 12.3 Å². The van der Waals surface area contributed by atoms with Gasteiger partial charge in [-0.2, -0.15) is 0 Å². The van der Waals surface area contributed by atoms with Crippen LogP contribution in [0.3, 0.4) is 0 Å². The molecule has 0 saturated heterocycles. The molecule has 16 heavy (non-hydrogen) atoms. The Morgan fingerprint density at radius 2 is 2.06 bits per heavy atom. The van der Waals surface area contributed by atoms with E-state index in [1.165, 1.54) is 6.33 Å². The van der Waals surface area contributed by atoms with Crippen molar-refractivity contribution in [3.63, 3.8) is 0 Å². The number of rotatable bonds is 4. The van der Waals surface area contributed by atoms with Gasteiger partial charge in [0.2, 0.25) is 0 Å². The molecule has 2 heterocycles. The Morgan fingerprint density at radius 3 is 2.81 bits per heavy atom. The van der Waals surface area contributed by atoms with Crippen LogP contribution in [0.25, 0.3) is 17.2 Å². The highest BCUT2D eigenvalue weighted by Crippen LogP contribution is 2.10. The lowest BCUT2D eigenvalue weighted by molar-refractivity contribution is 0.421. The van der Waals surface area contributed by atoms with Gasteiger partial charge in [0, 0.05) is 19.3 Å². The SMILES string of the molecule is CCN(C=Cc1ncnc2nc[nH]c12)CC. The quantitative estimate of drug-likeness (QED) is 0.846. The van der Waals surface area contributed by atoms with Crippen molar-refractivity contribution in [1.82, 2.24) is 24.8 Å². The van der Waals surface area contributed by atoms with Crippen LogP contribution in [0.1, 0.15) is 19.5 Å². The summed E-state index contributed by atoms with van der Waals surface area (Å²) in [7, 11) is 0. The minimum absolute atomic E-state index is 0.703. The molecule has 0 aliphatic rings. The number of imidazole rings is 1.